The van der Waals surface area contributed by atoms with Crippen LogP contribution < -0.4 is 14.4 Å². The SMILES string of the molecule is CCN(C(=O)c1cc(F)ccc1Oc1nnc(Cl)c(N2CC3(CC(Oc4ccnc5c4CN(Cc4ccccc4)CC5)C3)C2)n1)C(C)C. The Balaban J connectivity index is 0.979. The van der Waals surface area contributed by atoms with Crippen molar-refractivity contribution < 1.29 is 18.7 Å². The third kappa shape index (κ3) is 6.53. The number of benzene rings is 2. The molecule has 2 fully saturated rings. The van der Waals surface area contributed by atoms with Crippen LogP contribution in [0.15, 0.2) is 60.8 Å². The predicted octanol–water partition coefficient (Wildman–Crippen LogP) is 6.33. The van der Waals surface area contributed by atoms with Gasteiger partial charge in [-0.25, -0.2) is 4.39 Å². The van der Waals surface area contributed by atoms with E-state index in [9.17, 15) is 9.18 Å². The van der Waals surface area contributed by atoms with Gasteiger partial charge in [-0.15, -0.1) is 5.10 Å². The van der Waals surface area contributed by atoms with Crippen molar-refractivity contribution in [3.05, 3.63) is 94.1 Å². The highest BCUT2D eigenvalue weighted by atomic mass is 35.5. The quantitative estimate of drug-likeness (QED) is 0.192. The average Bonchev–Trinajstić information content (AvgIpc) is 3.04. The summed E-state index contributed by atoms with van der Waals surface area (Å²) >= 11 is 6.45. The summed E-state index contributed by atoms with van der Waals surface area (Å²) in [6, 6.07) is 16.2. The van der Waals surface area contributed by atoms with E-state index in [0.717, 1.165) is 63.4 Å². The van der Waals surface area contributed by atoms with Crippen LogP contribution in [-0.4, -0.2) is 74.2 Å². The first-order valence-electron chi connectivity index (χ1n) is 16.5. The minimum Gasteiger partial charge on any atom is -0.490 e. The van der Waals surface area contributed by atoms with Crippen LogP contribution in [0, 0.1) is 11.2 Å². The molecule has 1 spiro atoms. The first-order valence-corrected chi connectivity index (χ1v) is 16.9. The predicted molar refractivity (Wildman–Crippen MR) is 180 cm³/mol. The number of hydrogen-bond acceptors (Lipinski definition) is 9. The molecule has 4 aromatic rings. The second-order valence-electron chi connectivity index (χ2n) is 13.3. The number of pyridine rings is 1. The summed E-state index contributed by atoms with van der Waals surface area (Å²) in [5.74, 6) is 0.672. The highest BCUT2D eigenvalue weighted by Gasteiger charge is 2.54. The molecular weight excluding hydrogens is 633 g/mol. The smallest absolute Gasteiger partial charge is 0.343 e. The van der Waals surface area contributed by atoms with Crippen molar-refractivity contribution in [2.24, 2.45) is 5.41 Å². The second kappa shape index (κ2) is 13.3. The lowest BCUT2D eigenvalue weighted by atomic mass is 9.61. The number of carbonyl (C=O) groups is 1. The summed E-state index contributed by atoms with van der Waals surface area (Å²) in [4.78, 5) is 28.6. The van der Waals surface area contributed by atoms with Gasteiger partial charge in [-0.05, 0) is 63.4 Å². The van der Waals surface area contributed by atoms with Gasteiger partial charge in [0.25, 0.3) is 5.91 Å². The maximum Gasteiger partial charge on any atom is 0.343 e. The molecule has 3 aliphatic rings. The van der Waals surface area contributed by atoms with Crippen LogP contribution in [0.3, 0.4) is 0 Å². The van der Waals surface area contributed by atoms with Crippen LogP contribution in [-0.2, 0) is 19.5 Å². The molecule has 2 aromatic heterocycles. The lowest BCUT2D eigenvalue weighted by Crippen LogP contribution is -2.65. The number of ether oxygens (including phenoxy) is 2. The maximum absolute atomic E-state index is 14.2. The van der Waals surface area contributed by atoms with Crippen molar-refractivity contribution in [1.29, 1.82) is 0 Å². The fourth-order valence-corrected chi connectivity index (χ4v) is 7.38. The summed E-state index contributed by atoms with van der Waals surface area (Å²) in [5, 5.41) is 8.24. The van der Waals surface area contributed by atoms with Gasteiger partial charge in [-0.2, -0.15) is 4.98 Å². The molecule has 1 saturated heterocycles. The molecular formula is C36H39ClFN7O3. The lowest BCUT2D eigenvalue weighted by molar-refractivity contribution is -0.0352. The van der Waals surface area contributed by atoms with Gasteiger partial charge in [0.15, 0.2) is 11.0 Å². The van der Waals surface area contributed by atoms with Crippen LogP contribution in [0.25, 0.3) is 0 Å². The number of halogens is 2. The summed E-state index contributed by atoms with van der Waals surface area (Å²) in [6.07, 6.45) is 4.76. The monoisotopic (exact) mass is 671 g/mol. The zero-order valence-electron chi connectivity index (χ0n) is 27.4. The van der Waals surface area contributed by atoms with Crippen LogP contribution in [0.5, 0.6) is 17.5 Å². The molecule has 2 aromatic carbocycles. The molecule has 1 aliphatic carbocycles. The molecule has 1 saturated carbocycles. The molecule has 0 unspecified atom stereocenters. The number of anilines is 1. The molecule has 1 amide bonds. The molecule has 48 heavy (non-hydrogen) atoms. The first-order chi connectivity index (χ1) is 23.2. The number of aromatic nitrogens is 4. The van der Waals surface area contributed by atoms with E-state index in [2.05, 4.69) is 54.2 Å². The zero-order chi connectivity index (χ0) is 33.4. The van der Waals surface area contributed by atoms with Crippen LogP contribution in [0.2, 0.25) is 5.15 Å². The van der Waals surface area contributed by atoms with Crippen molar-refractivity contribution in [3.8, 4) is 17.5 Å². The minimum atomic E-state index is -0.538. The molecule has 12 heteroatoms. The highest BCUT2D eigenvalue weighted by Crippen LogP contribution is 2.51. The number of carbonyl (C=O) groups excluding carboxylic acids is 1. The Bertz CT molecular complexity index is 1800. The Morgan fingerprint density at radius 2 is 1.90 bits per heavy atom. The van der Waals surface area contributed by atoms with Gasteiger partial charge >= 0.3 is 6.01 Å². The summed E-state index contributed by atoms with van der Waals surface area (Å²) in [6.45, 7) is 10.4. The highest BCUT2D eigenvalue weighted by molar-refractivity contribution is 6.31. The fourth-order valence-electron chi connectivity index (χ4n) is 7.18. The molecule has 0 N–H and O–H groups in total. The van der Waals surface area contributed by atoms with E-state index in [4.69, 9.17) is 21.1 Å². The molecule has 0 radical (unpaired) electrons. The summed E-state index contributed by atoms with van der Waals surface area (Å²) in [5.41, 5.74) is 3.84. The largest absolute Gasteiger partial charge is 0.490 e. The average molecular weight is 672 g/mol. The Kier molecular flexibility index (Phi) is 8.91. The van der Waals surface area contributed by atoms with E-state index in [1.807, 2.05) is 39.1 Å². The molecule has 10 nitrogen and oxygen atoms in total. The van der Waals surface area contributed by atoms with Gasteiger partial charge in [0.2, 0.25) is 0 Å². The molecule has 2 aliphatic heterocycles. The number of rotatable bonds is 10. The van der Waals surface area contributed by atoms with Gasteiger partial charge in [-0.3, -0.25) is 14.7 Å². The van der Waals surface area contributed by atoms with Crippen molar-refractivity contribution in [1.82, 2.24) is 30.0 Å². The minimum absolute atomic E-state index is 0.0674. The molecule has 250 valence electrons. The Morgan fingerprint density at radius 3 is 2.65 bits per heavy atom. The fraction of sp³-hybridized carbons (Fsp3) is 0.417. The van der Waals surface area contributed by atoms with E-state index in [1.165, 1.54) is 29.3 Å². The summed E-state index contributed by atoms with van der Waals surface area (Å²) < 4.78 is 26.7. The van der Waals surface area contributed by atoms with Crippen LogP contribution in [0.4, 0.5) is 10.2 Å². The lowest BCUT2D eigenvalue weighted by Gasteiger charge is -2.58. The normalized spacial score (nSPS) is 17.1. The second-order valence-corrected chi connectivity index (χ2v) is 13.7. The zero-order valence-corrected chi connectivity index (χ0v) is 28.2. The van der Waals surface area contributed by atoms with Crippen molar-refractivity contribution in [3.63, 3.8) is 0 Å². The van der Waals surface area contributed by atoms with E-state index in [0.29, 0.717) is 12.4 Å². The van der Waals surface area contributed by atoms with Gasteiger partial charge in [0.05, 0.1) is 5.56 Å². The third-order valence-electron chi connectivity index (χ3n) is 9.57. The first kappa shape index (κ1) is 32.2. The molecule has 0 atom stereocenters. The number of nitrogens with zero attached hydrogens (tertiary/aromatic N) is 7. The van der Waals surface area contributed by atoms with Gasteiger partial charge in [-0.1, -0.05) is 47.0 Å². The van der Waals surface area contributed by atoms with Crippen LogP contribution >= 0.6 is 11.6 Å². The van der Waals surface area contributed by atoms with Gasteiger partial charge < -0.3 is 19.3 Å². The molecule has 7 rings (SSSR count). The van der Waals surface area contributed by atoms with Gasteiger partial charge in [0, 0.05) is 74.6 Å². The number of fused-ring (bicyclic) bond motifs is 1. The Labute approximate surface area is 284 Å². The molecule has 0 bridgehead atoms. The number of amides is 1. The van der Waals surface area contributed by atoms with E-state index in [-0.39, 0.29) is 45.9 Å². The van der Waals surface area contributed by atoms with E-state index >= 15 is 0 Å². The molecule has 4 heterocycles. The van der Waals surface area contributed by atoms with Crippen LogP contribution in [0.1, 0.15) is 60.8 Å². The van der Waals surface area contributed by atoms with Gasteiger partial charge in [0.1, 0.15) is 23.4 Å². The van der Waals surface area contributed by atoms with E-state index in [1.54, 1.807) is 4.90 Å². The Morgan fingerprint density at radius 1 is 1.10 bits per heavy atom. The third-order valence-corrected chi connectivity index (χ3v) is 9.82. The maximum atomic E-state index is 14.2. The standard InChI is InChI=1S/C36H39ClFN7O3/c1-4-45(23(2)3)34(46)27-16-25(38)10-11-30(27)48-35-40-33(32(37)41-42-35)44-21-36(22-44)17-26(18-36)47-31-12-14-39-29-13-15-43(20-28(29)31)19-24-8-6-5-7-9-24/h5-12,14,16,23,26H,4,13,15,17-22H2,1-3H3. The van der Waals surface area contributed by atoms with E-state index < -0.39 is 5.82 Å². The van der Waals surface area contributed by atoms with Crippen molar-refractivity contribution in [2.45, 2.75) is 65.3 Å². The number of hydrogen-bond donors (Lipinski definition) is 0. The van der Waals surface area contributed by atoms with Crippen molar-refractivity contribution >= 4 is 23.3 Å². The summed E-state index contributed by atoms with van der Waals surface area (Å²) in [7, 11) is 0. The van der Waals surface area contributed by atoms with Crippen molar-refractivity contribution in [2.75, 3.05) is 31.1 Å². The Hall–Kier alpha value is -4.35. The topological polar surface area (TPSA) is 96.8 Å².